The second kappa shape index (κ2) is 12.8. The van der Waals surface area contributed by atoms with Gasteiger partial charge in [-0.15, -0.1) is 0 Å². The molecule has 42 heavy (non-hydrogen) atoms. The Kier molecular flexibility index (Phi) is 9.10. The lowest BCUT2D eigenvalue weighted by Crippen LogP contribution is -2.39. The molecule has 1 aliphatic heterocycles. The minimum atomic E-state index is -0.721. The van der Waals surface area contributed by atoms with Gasteiger partial charge < -0.3 is 14.2 Å². The van der Waals surface area contributed by atoms with Gasteiger partial charge in [0.2, 0.25) is 0 Å². The number of ether oxygens (including phenoxy) is 3. The topological polar surface area (TPSA) is 79.1 Å². The van der Waals surface area contributed by atoms with Gasteiger partial charge in [0.25, 0.3) is 5.56 Å². The van der Waals surface area contributed by atoms with E-state index in [0.717, 1.165) is 11.1 Å². The first-order chi connectivity index (χ1) is 20.2. The van der Waals surface area contributed by atoms with Crippen LogP contribution in [0.3, 0.4) is 0 Å². The number of rotatable bonds is 8. The first-order valence-corrected chi connectivity index (χ1v) is 15.3. The molecule has 11 heteroatoms. The highest BCUT2D eigenvalue weighted by Gasteiger charge is 2.33. The van der Waals surface area contributed by atoms with E-state index in [-0.39, 0.29) is 24.6 Å². The number of esters is 1. The van der Waals surface area contributed by atoms with E-state index < -0.39 is 12.0 Å². The molecule has 4 aromatic rings. The van der Waals surface area contributed by atoms with E-state index >= 15 is 0 Å². The van der Waals surface area contributed by atoms with Crippen molar-refractivity contribution >= 4 is 55.2 Å². The highest BCUT2D eigenvalue weighted by Crippen LogP contribution is 2.36. The van der Waals surface area contributed by atoms with Crippen LogP contribution in [0.2, 0.25) is 0 Å². The standard InChI is InChI=1S/C31H25Br2FN2O5S/c1-4-40-30(38)26-17(2)35-31-36(27(26)19-9-11-21(39-3)12-10-19)29(37)25(42-31)15-18-13-22(32)28(23(33)14-18)41-16-20-7-5-6-8-24(20)34/h5-15,27H,4,16H2,1-3H3/t27-/m1/s1. The lowest BCUT2D eigenvalue weighted by molar-refractivity contribution is -0.139. The quantitative estimate of drug-likeness (QED) is 0.208. The lowest BCUT2D eigenvalue weighted by Gasteiger charge is -2.24. The maximum Gasteiger partial charge on any atom is 0.338 e. The maximum absolute atomic E-state index is 14.1. The SMILES string of the molecule is CCOC(=O)C1=C(C)N=c2sc(=Cc3cc(Br)c(OCc4ccccc4F)c(Br)c3)c(=O)n2[C@@H]1c1ccc(OC)cc1. The summed E-state index contributed by atoms with van der Waals surface area (Å²) in [6, 6.07) is 16.6. The molecule has 3 aromatic carbocycles. The molecule has 0 unspecified atom stereocenters. The van der Waals surface area contributed by atoms with Gasteiger partial charge in [0.05, 0.1) is 44.5 Å². The molecule has 0 N–H and O–H groups in total. The van der Waals surface area contributed by atoms with E-state index in [1.807, 2.05) is 24.3 Å². The summed E-state index contributed by atoms with van der Waals surface area (Å²) in [4.78, 5) is 32.1. The molecule has 0 bridgehead atoms. The Morgan fingerprint density at radius 2 is 1.81 bits per heavy atom. The number of nitrogens with zero attached hydrogens (tertiary/aromatic N) is 2. The number of carbonyl (C=O) groups excluding carboxylic acids is 1. The fourth-order valence-corrected chi connectivity index (χ4v) is 7.11. The predicted octanol–water partition coefficient (Wildman–Crippen LogP) is 6.05. The largest absolute Gasteiger partial charge is 0.497 e. The zero-order valence-corrected chi connectivity index (χ0v) is 26.8. The Bertz CT molecular complexity index is 1860. The minimum absolute atomic E-state index is 0.0509. The number of methoxy groups -OCH3 is 1. The van der Waals surface area contributed by atoms with Crippen LogP contribution in [0.1, 0.15) is 36.6 Å². The zero-order chi connectivity index (χ0) is 30.0. The minimum Gasteiger partial charge on any atom is -0.497 e. The average Bonchev–Trinajstić information content (AvgIpc) is 3.26. The number of hydrogen-bond donors (Lipinski definition) is 0. The second-order valence-electron chi connectivity index (χ2n) is 9.27. The summed E-state index contributed by atoms with van der Waals surface area (Å²) in [5.41, 5.74) is 2.39. The van der Waals surface area contributed by atoms with Gasteiger partial charge in [-0.05, 0) is 93.2 Å². The van der Waals surface area contributed by atoms with Gasteiger partial charge in [-0.2, -0.15) is 0 Å². The molecule has 0 amide bonds. The smallest absolute Gasteiger partial charge is 0.338 e. The predicted molar refractivity (Wildman–Crippen MR) is 166 cm³/mol. The van der Waals surface area contributed by atoms with Gasteiger partial charge in [0, 0.05) is 5.56 Å². The Morgan fingerprint density at radius 1 is 1.12 bits per heavy atom. The molecule has 0 saturated heterocycles. The van der Waals surface area contributed by atoms with Crippen molar-refractivity contribution < 1.29 is 23.4 Å². The number of benzene rings is 3. The van der Waals surface area contributed by atoms with Crippen molar-refractivity contribution in [3.8, 4) is 11.5 Å². The normalized spacial score (nSPS) is 14.8. The van der Waals surface area contributed by atoms with Crippen LogP contribution in [0, 0.1) is 5.82 Å². The third kappa shape index (κ3) is 5.99. The summed E-state index contributed by atoms with van der Waals surface area (Å²) in [5.74, 6) is 0.298. The molecular weight excluding hydrogens is 691 g/mol. The van der Waals surface area contributed by atoms with Crippen molar-refractivity contribution in [3.05, 3.63) is 123 Å². The maximum atomic E-state index is 14.1. The van der Waals surface area contributed by atoms with Gasteiger partial charge in [-0.3, -0.25) is 9.36 Å². The molecule has 0 aliphatic carbocycles. The Balaban J connectivity index is 1.56. The van der Waals surface area contributed by atoms with Gasteiger partial charge in [0.15, 0.2) is 4.80 Å². The molecule has 7 nitrogen and oxygen atoms in total. The Hall–Kier alpha value is -3.54. The summed E-state index contributed by atoms with van der Waals surface area (Å²) in [7, 11) is 1.57. The summed E-state index contributed by atoms with van der Waals surface area (Å²) in [5, 5.41) is 0. The van der Waals surface area contributed by atoms with Crippen molar-refractivity contribution in [1.82, 2.24) is 4.57 Å². The number of fused-ring (bicyclic) bond motifs is 1. The van der Waals surface area contributed by atoms with Gasteiger partial charge in [0.1, 0.15) is 23.9 Å². The van der Waals surface area contributed by atoms with Crippen LogP contribution in [-0.4, -0.2) is 24.3 Å². The van der Waals surface area contributed by atoms with Crippen LogP contribution in [0.15, 0.2) is 90.7 Å². The molecular formula is C31H25Br2FN2O5S. The Morgan fingerprint density at radius 3 is 2.45 bits per heavy atom. The Labute approximate surface area is 261 Å². The number of hydrogen-bond acceptors (Lipinski definition) is 7. The van der Waals surface area contributed by atoms with Gasteiger partial charge in [-0.1, -0.05) is 41.7 Å². The average molecular weight is 716 g/mol. The monoisotopic (exact) mass is 714 g/mol. The summed E-state index contributed by atoms with van der Waals surface area (Å²) < 4.78 is 33.8. The van der Waals surface area contributed by atoms with Crippen molar-refractivity contribution in [2.24, 2.45) is 4.99 Å². The number of allylic oxidation sites excluding steroid dienone is 1. The number of halogens is 3. The molecule has 216 valence electrons. The van der Waals surface area contributed by atoms with Crippen LogP contribution in [0.4, 0.5) is 4.39 Å². The van der Waals surface area contributed by atoms with Gasteiger partial charge in [-0.25, -0.2) is 14.2 Å². The molecule has 2 heterocycles. The van der Waals surface area contributed by atoms with Crippen molar-refractivity contribution in [3.63, 3.8) is 0 Å². The van der Waals surface area contributed by atoms with Crippen LogP contribution in [0.5, 0.6) is 11.5 Å². The fourth-order valence-electron chi connectivity index (χ4n) is 4.61. The molecule has 5 rings (SSSR count). The summed E-state index contributed by atoms with van der Waals surface area (Å²) >= 11 is 8.32. The third-order valence-electron chi connectivity index (χ3n) is 6.60. The molecule has 1 aromatic heterocycles. The first-order valence-electron chi connectivity index (χ1n) is 12.9. The molecule has 0 fully saturated rings. The fraction of sp³-hybridized carbons (Fsp3) is 0.194. The van der Waals surface area contributed by atoms with Crippen molar-refractivity contribution in [2.75, 3.05) is 13.7 Å². The van der Waals surface area contributed by atoms with Gasteiger partial charge >= 0.3 is 5.97 Å². The number of carbonyl (C=O) groups is 1. The zero-order valence-electron chi connectivity index (χ0n) is 22.8. The van der Waals surface area contributed by atoms with E-state index in [0.29, 0.717) is 46.6 Å². The molecule has 1 atom stereocenters. The highest BCUT2D eigenvalue weighted by atomic mass is 79.9. The lowest BCUT2D eigenvalue weighted by atomic mass is 9.96. The number of thiazole rings is 1. The summed E-state index contributed by atoms with van der Waals surface area (Å²) in [6.45, 7) is 3.72. The van der Waals surface area contributed by atoms with Crippen molar-refractivity contribution in [1.29, 1.82) is 0 Å². The molecule has 0 spiro atoms. The summed E-state index contributed by atoms with van der Waals surface area (Å²) in [6.07, 6.45) is 1.76. The van der Waals surface area contributed by atoms with Crippen LogP contribution in [-0.2, 0) is 16.1 Å². The number of aromatic nitrogens is 1. The highest BCUT2D eigenvalue weighted by molar-refractivity contribution is 9.11. The van der Waals surface area contributed by atoms with E-state index in [9.17, 15) is 14.0 Å². The van der Waals surface area contributed by atoms with Crippen LogP contribution < -0.4 is 24.4 Å². The van der Waals surface area contributed by atoms with Crippen LogP contribution >= 0.6 is 43.2 Å². The van der Waals surface area contributed by atoms with Crippen molar-refractivity contribution in [2.45, 2.75) is 26.5 Å². The first kappa shape index (κ1) is 29.9. The van der Waals surface area contributed by atoms with E-state index in [4.69, 9.17) is 14.2 Å². The van der Waals surface area contributed by atoms with Crippen LogP contribution in [0.25, 0.3) is 6.08 Å². The second-order valence-corrected chi connectivity index (χ2v) is 12.0. The van der Waals surface area contributed by atoms with E-state index in [1.165, 1.54) is 22.0 Å². The van der Waals surface area contributed by atoms with E-state index in [2.05, 4.69) is 36.9 Å². The third-order valence-corrected chi connectivity index (χ3v) is 8.76. The van der Waals surface area contributed by atoms with E-state index in [1.54, 1.807) is 57.4 Å². The molecule has 0 radical (unpaired) electrons. The molecule has 0 saturated carbocycles. The molecule has 1 aliphatic rings.